The molecule has 1 amide bonds. The summed E-state index contributed by atoms with van der Waals surface area (Å²) in [6, 6.07) is 0. The molecule has 0 aliphatic heterocycles. The van der Waals surface area contributed by atoms with Crippen molar-refractivity contribution in [1.29, 1.82) is 0 Å². The zero-order valence-corrected chi connectivity index (χ0v) is 11.2. The van der Waals surface area contributed by atoms with E-state index in [1.807, 2.05) is 13.8 Å². The van der Waals surface area contributed by atoms with Crippen LogP contribution in [0.25, 0.3) is 0 Å². The average Bonchev–Trinajstić information content (AvgIpc) is 2.86. The van der Waals surface area contributed by atoms with Gasteiger partial charge in [-0.1, -0.05) is 20.3 Å². The highest BCUT2D eigenvalue weighted by Crippen LogP contribution is 2.48. The highest BCUT2D eigenvalue weighted by Gasteiger charge is 2.40. The van der Waals surface area contributed by atoms with Crippen molar-refractivity contribution in [2.45, 2.75) is 52.9 Å². The van der Waals surface area contributed by atoms with Crippen LogP contribution >= 0.6 is 0 Å². The van der Waals surface area contributed by atoms with Crippen molar-refractivity contribution in [2.24, 2.45) is 28.8 Å². The minimum atomic E-state index is 0.0440. The third-order valence-electron chi connectivity index (χ3n) is 4.23. The first-order valence-corrected chi connectivity index (χ1v) is 6.89. The highest BCUT2D eigenvalue weighted by atomic mass is 16.2. The molecule has 2 fully saturated rings. The molecule has 0 saturated heterocycles. The quantitative estimate of drug-likeness (QED) is 0.591. The summed E-state index contributed by atoms with van der Waals surface area (Å²) in [4.78, 5) is 11.5. The first-order valence-electron chi connectivity index (χ1n) is 6.89. The van der Waals surface area contributed by atoms with Gasteiger partial charge in [0.25, 0.3) is 0 Å². The van der Waals surface area contributed by atoms with E-state index in [1.165, 1.54) is 25.7 Å². The predicted molar refractivity (Wildman–Crippen MR) is 69.6 cm³/mol. The molecule has 3 nitrogen and oxygen atoms in total. The Labute approximate surface area is 104 Å². The van der Waals surface area contributed by atoms with E-state index in [2.05, 4.69) is 17.5 Å². The summed E-state index contributed by atoms with van der Waals surface area (Å²) in [6.07, 6.45) is 6.02. The van der Waals surface area contributed by atoms with Gasteiger partial charge < -0.3 is 0 Å². The summed E-state index contributed by atoms with van der Waals surface area (Å²) in [6.45, 7) is 6.17. The summed E-state index contributed by atoms with van der Waals surface area (Å²) < 4.78 is 0. The van der Waals surface area contributed by atoms with Crippen LogP contribution in [-0.4, -0.2) is 11.6 Å². The molecule has 17 heavy (non-hydrogen) atoms. The van der Waals surface area contributed by atoms with E-state index in [-0.39, 0.29) is 5.91 Å². The maximum absolute atomic E-state index is 11.5. The third-order valence-corrected chi connectivity index (χ3v) is 4.23. The summed E-state index contributed by atoms with van der Waals surface area (Å²) in [5.41, 5.74) is 3.83. The molecule has 1 N–H and O–H groups in total. The van der Waals surface area contributed by atoms with Gasteiger partial charge in [0.05, 0.1) is 0 Å². The van der Waals surface area contributed by atoms with E-state index in [4.69, 9.17) is 0 Å². The lowest BCUT2D eigenvalue weighted by atomic mass is 9.86. The van der Waals surface area contributed by atoms with E-state index in [0.29, 0.717) is 18.3 Å². The number of nitrogens with zero attached hydrogens (tertiary/aromatic N) is 1. The van der Waals surface area contributed by atoms with Crippen molar-refractivity contribution in [3.63, 3.8) is 0 Å². The number of hydrogen-bond acceptors (Lipinski definition) is 2. The zero-order valence-electron chi connectivity index (χ0n) is 11.2. The summed E-state index contributed by atoms with van der Waals surface area (Å²) >= 11 is 0. The number of fused-ring (bicyclic) bond motifs is 2. The Kier molecular flexibility index (Phi) is 3.85. The Bertz CT molecular complexity index is 322. The van der Waals surface area contributed by atoms with Crippen LogP contribution in [0.4, 0.5) is 0 Å². The maximum Gasteiger partial charge on any atom is 0.240 e. The predicted octanol–water partition coefficient (Wildman–Crippen LogP) is 2.96. The molecule has 2 bridgehead atoms. The van der Waals surface area contributed by atoms with Gasteiger partial charge in [0.1, 0.15) is 0 Å². The molecule has 0 radical (unpaired) electrons. The topological polar surface area (TPSA) is 41.5 Å². The molecule has 2 rings (SSSR count). The second-order valence-electron chi connectivity index (χ2n) is 6.17. The number of hydrogen-bond donors (Lipinski definition) is 1. The van der Waals surface area contributed by atoms with Crippen LogP contribution < -0.4 is 5.43 Å². The molecule has 0 spiro atoms. The molecule has 96 valence electrons. The van der Waals surface area contributed by atoms with Crippen LogP contribution in [-0.2, 0) is 4.79 Å². The van der Waals surface area contributed by atoms with E-state index < -0.39 is 0 Å². The van der Waals surface area contributed by atoms with Gasteiger partial charge in [-0.3, -0.25) is 4.79 Å². The number of rotatable bonds is 4. The lowest BCUT2D eigenvalue weighted by Crippen LogP contribution is -2.25. The van der Waals surface area contributed by atoms with Gasteiger partial charge in [0, 0.05) is 18.1 Å². The molecular weight excluding hydrogens is 212 g/mol. The van der Waals surface area contributed by atoms with Gasteiger partial charge in [-0.05, 0) is 43.9 Å². The van der Waals surface area contributed by atoms with Gasteiger partial charge in [-0.25, -0.2) is 5.43 Å². The van der Waals surface area contributed by atoms with Crippen molar-refractivity contribution >= 4 is 11.6 Å². The molecule has 0 aromatic heterocycles. The fourth-order valence-electron chi connectivity index (χ4n) is 3.41. The Balaban J connectivity index is 1.83. The van der Waals surface area contributed by atoms with Crippen LogP contribution in [0.2, 0.25) is 0 Å². The molecular formula is C14H24N2O. The van der Waals surface area contributed by atoms with Crippen molar-refractivity contribution < 1.29 is 4.79 Å². The summed E-state index contributed by atoms with van der Waals surface area (Å²) in [7, 11) is 0. The molecule has 3 heteroatoms. The number of carbonyl (C=O) groups is 1. The van der Waals surface area contributed by atoms with Crippen LogP contribution in [0.5, 0.6) is 0 Å². The normalized spacial score (nSPS) is 32.2. The molecule has 3 unspecified atom stereocenters. The molecule has 2 aliphatic rings. The monoisotopic (exact) mass is 236 g/mol. The Morgan fingerprint density at radius 1 is 1.35 bits per heavy atom. The van der Waals surface area contributed by atoms with Gasteiger partial charge >= 0.3 is 0 Å². The number of amides is 1. The fourth-order valence-corrected chi connectivity index (χ4v) is 3.41. The van der Waals surface area contributed by atoms with Crippen LogP contribution in [0.3, 0.4) is 0 Å². The Morgan fingerprint density at radius 2 is 2.12 bits per heavy atom. The standard InChI is InChI=1S/C14H24N2O/c1-9(2)6-14(17)16-15-10(3)13-8-11-4-5-12(13)7-11/h9,11-13H,4-8H2,1-3H3,(H,16,17). The SMILES string of the molecule is CC(=NNC(=O)CC(C)C)C1CC2CCC1C2. The fraction of sp³-hybridized carbons (Fsp3) is 0.857. The van der Waals surface area contributed by atoms with Gasteiger partial charge in [-0.15, -0.1) is 0 Å². The van der Waals surface area contributed by atoms with E-state index >= 15 is 0 Å². The summed E-state index contributed by atoms with van der Waals surface area (Å²) in [5.74, 6) is 2.84. The van der Waals surface area contributed by atoms with Gasteiger partial charge in [0.2, 0.25) is 5.91 Å². The molecule has 2 aliphatic carbocycles. The Hall–Kier alpha value is -0.860. The average molecular weight is 236 g/mol. The second kappa shape index (κ2) is 5.19. The maximum atomic E-state index is 11.5. The minimum absolute atomic E-state index is 0.0440. The molecule has 3 atom stereocenters. The molecule has 0 aromatic carbocycles. The van der Waals surface area contributed by atoms with Crippen molar-refractivity contribution in [3.05, 3.63) is 0 Å². The highest BCUT2D eigenvalue weighted by molar-refractivity contribution is 5.86. The lowest BCUT2D eigenvalue weighted by molar-refractivity contribution is -0.121. The lowest BCUT2D eigenvalue weighted by Gasteiger charge is -2.21. The smallest absolute Gasteiger partial charge is 0.240 e. The number of nitrogens with one attached hydrogen (secondary N) is 1. The van der Waals surface area contributed by atoms with E-state index in [0.717, 1.165) is 17.5 Å². The summed E-state index contributed by atoms with van der Waals surface area (Å²) in [5, 5.41) is 4.30. The van der Waals surface area contributed by atoms with Crippen LogP contribution in [0.15, 0.2) is 5.10 Å². The first-order chi connectivity index (χ1) is 8.06. The van der Waals surface area contributed by atoms with E-state index in [9.17, 15) is 4.79 Å². The molecule has 0 aromatic rings. The largest absolute Gasteiger partial charge is 0.273 e. The second-order valence-corrected chi connectivity index (χ2v) is 6.17. The Morgan fingerprint density at radius 3 is 2.65 bits per heavy atom. The van der Waals surface area contributed by atoms with Gasteiger partial charge in [-0.2, -0.15) is 5.10 Å². The zero-order chi connectivity index (χ0) is 12.4. The first kappa shape index (κ1) is 12.6. The van der Waals surface area contributed by atoms with Crippen LogP contribution in [0, 0.1) is 23.7 Å². The van der Waals surface area contributed by atoms with E-state index in [1.54, 1.807) is 0 Å². The number of hydrazone groups is 1. The molecule has 2 saturated carbocycles. The van der Waals surface area contributed by atoms with Crippen molar-refractivity contribution in [2.75, 3.05) is 0 Å². The van der Waals surface area contributed by atoms with Gasteiger partial charge in [0.15, 0.2) is 0 Å². The van der Waals surface area contributed by atoms with Crippen LogP contribution in [0.1, 0.15) is 52.9 Å². The minimum Gasteiger partial charge on any atom is -0.273 e. The van der Waals surface area contributed by atoms with Crippen molar-refractivity contribution in [3.8, 4) is 0 Å². The number of carbonyl (C=O) groups excluding carboxylic acids is 1. The third kappa shape index (κ3) is 3.08. The van der Waals surface area contributed by atoms with Crippen molar-refractivity contribution in [1.82, 2.24) is 5.43 Å². The molecule has 0 heterocycles.